The van der Waals surface area contributed by atoms with Gasteiger partial charge in [-0.1, -0.05) is 35.9 Å². The number of aliphatic imine (C=N–C) groups is 1. The van der Waals surface area contributed by atoms with Gasteiger partial charge in [-0.2, -0.15) is 0 Å². The van der Waals surface area contributed by atoms with E-state index in [1.54, 1.807) is 54.3 Å². The van der Waals surface area contributed by atoms with Crippen LogP contribution in [0.5, 0.6) is 0 Å². The Morgan fingerprint density at radius 1 is 1.18 bits per heavy atom. The van der Waals surface area contributed by atoms with Crippen molar-refractivity contribution < 1.29 is 18.3 Å². The second kappa shape index (κ2) is 11.2. The van der Waals surface area contributed by atoms with Crippen molar-refractivity contribution in [2.24, 2.45) is 4.99 Å². The standard InChI is InChI=1S/C25H30ClN3O4S/c1-3-7-21(27-4-2)18-34(32,33)28-20-12-10-19(11-13-20)24(30)29-16-14-25(31,15-17-29)22-8-5-6-9-23(22)26/h3,5-13,28,31H,4,14-18H2,1-2H3. The van der Waals surface area contributed by atoms with E-state index in [4.69, 9.17) is 11.6 Å². The van der Waals surface area contributed by atoms with Crippen molar-refractivity contribution in [3.63, 3.8) is 0 Å². The molecule has 1 fully saturated rings. The number of halogens is 1. The van der Waals surface area contributed by atoms with Gasteiger partial charge >= 0.3 is 0 Å². The molecular weight excluding hydrogens is 474 g/mol. The minimum atomic E-state index is -3.64. The first-order valence-corrected chi connectivity index (χ1v) is 13.2. The van der Waals surface area contributed by atoms with Crippen molar-refractivity contribution in [1.82, 2.24) is 4.90 Å². The molecule has 2 N–H and O–H groups in total. The molecule has 34 heavy (non-hydrogen) atoms. The van der Waals surface area contributed by atoms with Crippen molar-refractivity contribution in [1.29, 1.82) is 0 Å². The lowest BCUT2D eigenvalue weighted by atomic mass is 9.84. The third-order valence-electron chi connectivity index (χ3n) is 5.72. The molecule has 1 heterocycles. The van der Waals surface area contributed by atoms with Gasteiger partial charge in [0.25, 0.3) is 5.91 Å². The van der Waals surface area contributed by atoms with Gasteiger partial charge in [-0.05, 0) is 63.1 Å². The van der Waals surface area contributed by atoms with Crippen LogP contribution in [0.15, 0.2) is 65.7 Å². The summed E-state index contributed by atoms with van der Waals surface area (Å²) in [6, 6.07) is 13.6. The van der Waals surface area contributed by atoms with Crippen molar-refractivity contribution in [3.8, 4) is 0 Å². The number of piperidine rings is 1. The molecule has 182 valence electrons. The quantitative estimate of drug-likeness (QED) is 0.526. The van der Waals surface area contributed by atoms with Crippen LogP contribution in [0.1, 0.15) is 42.6 Å². The summed E-state index contributed by atoms with van der Waals surface area (Å²) >= 11 is 6.26. The van der Waals surface area contributed by atoms with Gasteiger partial charge in [-0.3, -0.25) is 14.5 Å². The molecule has 0 atom stereocenters. The highest BCUT2D eigenvalue weighted by atomic mass is 35.5. The van der Waals surface area contributed by atoms with E-state index in [1.165, 1.54) is 0 Å². The van der Waals surface area contributed by atoms with Crippen LogP contribution in [-0.2, 0) is 15.6 Å². The average molecular weight is 504 g/mol. The minimum absolute atomic E-state index is 0.166. The molecule has 1 amide bonds. The number of aliphatic hydroxyl groups is 1. The lowest BCUT2D eigenvalue weighted by Crippen LogP contribution is -2.45. The summed E-state index contributed by atoms with van der Waals surface area (Å²) in [7, 11) is -3.64. The number of anilines is 1. The summed E-state index contributed by atoms with van der Waals surface area (Å²) in [6.07, 6.45) is 4.19. The molecule has 0 radical (unpaired) electrons. The molecule has 1 saturated heterocycles. The summed E-state index contributed by atoms with van der Waals surface area (Å²) in [5.74, 6) is -0.394. The first-order valence-electron chi connectivity index (χ1n) is 11.2. The number of rotatable bonds is 8. The molecule has 3 rings (SSSR count). The van der Waals surface area contributed by atoms with Crippen LogP contribution in [0.4, 0.5) is 5.69 Å². The zero-order valence-corrected chi connectivity index (χ0v) is 20.9. The maximum Gasteiger partial charge on any atom is 0.253 e. The Bertz CT molecular complexity index is 1170. The molecule has 9 heteroatoms. The van der Waals surface area contributed by atoms with Crippen LogP contribution in [0.25, 0.3) is 0 Å². The Balaban J connectivity index is 1.62. The van der Waals surface area contributed by atoms with Gasteiger partial charge in [0.2, 0.25) is 10.0 Å². The van der Waals surface area contributed by atoms with Gasteiger partial charge in [0.1, 0.15) is 5.75 Å². The number of allylic oxidation sites excluding steroid dienone is 2. The number of carbonyl (C=O) groups is 1. The summed E-state index contributed by atoms with van der Waals surface area (Å²) in [5.41, 5.74) is 0.922. The van der Waals surface area contributed by atoms with Gasteiger partial charge in [0.15, 0.2) is 0 Å². The molecule has 1 aliphatic heterocycles. The highest BCUT2D eigenvalue weighted by Crippen LogP contribution is 2.37. The largest absolute Gasteiger partial charge is 0.385 e. The molecule has 1 aliphatic rings. The Morgan fingerprint density at radius 2 is 1.82 bits per heavy atom. The van der Waals surface area contributed by atoms with E-state index in [9.17, 15) is 18.3 Å². The Hall–Kier alpha value is -2.68. The second-order valence-electron chi connectivity index (χ2n) is 8.21. The average Bonchev–Trinajstić information content (AvgIpc) is 2.80. The number of hydrogen-bond donors (Lipinski definition) is 2. The fourth-order valence-electron chi connectivity index (χ4n) is 4.00. The number of hydrogen-bond acceptors (Lipinski definition) is 5. The molecule has 0 spiro atoms. The summed E-state index contributed by atoms with van der Waals surface area (Å²) in [6.45, 7) is 4.93. The van der Waals surface area contributed by atoms with Gasteiger partial charge in [-0.15, -0.1) is 0 Å². The number of nitrogens with one attached hydrogen (secondary N) is 1. The molecule has 0 unspecified atom stereocenters. The molecule has 0 bridgehead atoms. The normalized spacial score (nSPS) is 16.6. The Labute approximate surface area is 206 Å². The molecule has 0 aliphatic carbocycles. The molecule has 2 aromatic carbocycles. The number of carbonyl (C=O) groups excluding carboxylic acids is 1. The van der Waals surface area contributed by atoms with Crippen LogP contribution < -0.4 is 4.72 Å². The summed E-state index contributed by atoms with van der Waals surface area (Å²) in [4.78, 5) is 18.8. The fourth-order valence-corrected chi connectivity index (χ4v) is 5.46. The zero-order valence-electron chi connectivity index (χ0n) is 19.4. The first-order chi connectivity index (χ1) is 16.2. The highest BCUT2D eigenvalue weighted by Gasteiger charge is 2.36. The maximum absolute atomic E-state index is 13.0. The van der Waals surface area contributed by atoms with Gasteiger partial charge < -0.3 is 10.0 Å². The van der Waals surface area contributed by atoms with Crippen molar-refractivity contribution >= 4 is 38.9 Å². The number of nitrogens with zero attached hydrogens (tertiary/aromatic N) is 2. The minimum Gasteiger partial charge on any atom is -0.385 e. The van der Waals surface area contributed by atoms with Crippen molar-refractivity contribution in [2.75, 3.05) is 30.1 Å². The predicted octanol–water partition coefficient (Wildman–Crippen LogP) is 4.24. The van der Waals surface area contributed by atoms with Crippen LogP contribution in [0.3, 0.4) is 0 Å². The first kappa shape index (κ1) is 25.9. The van der Waals surface area contributed by atoms with Crippen molar-refractivity contribution in [2.45, 2.75) is 32.3 Å². The fraction of sp³-hybridized carbons (Fsp3) is 0.360. The van der Waals surface area contributed by atoms with Crippen LogP contribution in [-0.4, -0.2) is 55.4 Å². The van der Waals surface area contributed by atoms with Crippen LogP contribution >= 0.6 is 11.6 Å². The summed E-state index contributed by atoms with van der Waals surface area (Å²) in [5, 5.41) is 11.6. The Morgan fingerprint density at radius 3 is 2.41 bits per heavy atom. The van der Waals surface area contributed by atoms with E-state index < -0.39 is 15.6 Å². The lowest BCUT2D eigenvalue weighted by Gasteiger charge is -2.39. The second-order valence-corrected chi connectivity index (χ2v) is 10.3. The lowest BCUT2D eigenvalue weighted by molar-refractivity contribution is -0.0210. The van der Waals surface area contributed by atoms with Gasteiger partial charge in [0.05, 0.1) is 11.3 Å². The smallest absolute Gasteiger partial charge is 0.253 e. The van der Waals surface area contributed by atoms with Gasteiger partial charge in [-0.25, -0.2) is 8.42 Å². The molecule has 0 saturated carbocycles. The zero-order chi connectivity index (χ0) is 24.8. The summed E-state index contributed by atoms with van der Waals surface area (Å²) < 4.78 is 27.5. The Kier molecular flexibility index (Phi) is 8.52. The van der Waals surface area contributed by atoms with E-state index in [1.807, 2.05) is 25.1 Å². The molecule has 7 nitrogen and oxygen atoms in total. The van der Waals surface area contributed by atoms with Gasteiger partial charge in [0, 0.05) is 41.5 Å². The van der Waals surface area contributed by atoms with Crippen LogP contribution in [0, 0.1) is 0 Å². The maximum atomic E-state index is 13.0. The highest BCUT2D eigenvalue weighted by molar-refractivity contribution is 7.93. The van der Waals surface area contributed by atoms with Crippen molar-refractivity contribution in [3.05, 3.63) is 76.8 Å². The third kappa shape index (κ3) is 6.46. The number of sulfonamides is 1. The topological polar surface area (TPSA) is 99.1 Å². The SMILES string of the molecule is CC=CC(CS(=O)(=O)Nc1ccc(C(=O)N2CCC(O)(c3ccccc3Cl)CC2)cc1)=NCC. The number of benzene rings is 2. The number of likely N-dealkylation sites (tertiary alicyclic amines) is 1. The molecule has 0 aromatic heterocycles. The van der Waals surface area contributed by atoms with E-state index in [2.05, 4.69) is 9.71 Å². The van der Waals surface area contributed by atoms with E-state index in [0.717, 1.165) is 0 Å². The van der Waals surface area contributed by atoms with E-state index in [0.29, 0.717) is 60.0 Å². The predicted molar refractivity (Wildman–Crippen MR) is 137 cm³/mol. The number of amides is 1. The van der Waals surface area contributed by atoms with E-state index in [-0.39, 0.29) is 11.7 Å². The molecular formula is C25H30ClN3O4S. The van der Waals surface area contributed by atoms with E-state index >= 15 is 0 Å². The molecule has 2 aromatic rings. The monoisotopic (exact) mass is 503 g/mol. The van der Waals surface area contributed by atoms with Crippen LogP contribution in [0.2, 0.25) is 5.02 Å². The third-order valence-corrected chi connectivity index (χ3v) is 7.27.